The number of thiazole rings is 1. The van der Waals surface area contributed by atoms with Gasteiger partial charge in [-0.05, 0) is 67.4 Å². The lowest BCUT2D eigenvalue weighted by Gasteiger charge is -2.25. The molecule has 1 aliphatic heterocycles. The van der Waals surface area contributed by atoms with Gasteiger partial charge in [0.25, 0.3) is 5.56 Å². The predicted molar refractivity (Wildman–Crippen MR) is 168 cm³/mol. The monoisotopic (exact) mass is 621 g/mol. The molecule has 0 unspecified atom stereocenters. The third kappa shape index (κ3) is 6.16. The summed E-state index contributed by atoms with van der Waals surface area (Å²) in [5.41, 5.74) is 4.03. The van der Waals surface area contributed by atoms with Crippen molar-refractivity contribution < 1.29 is 14.3 Å². The van der Waals surface area contributed by atoms with Crippen LogP contribution in [0.3, 0.4) is 0 Å². The number of nitrogens with zero attached hydrogens (tertiary/aromatic N) is 3. The summed E-state index contributed by atoms with van der Waals surface area (Å²) in [7, 11) is 3.91. The van der Waals surface area contributed by atoms with Gasteiger partial charge >= 0.3 is 5.97 Å². The Kier molecular flexibility index (Phi) is 8.87. The van der Waals surface area contributed by atoms with Crippen LogP contribution < -0.4 is 24.5 Å². The average molecular weight is 623 g/mol. The van der Waals surface area contributed by atoms with Gasteiger partial charge in [0.1, 0.15) is 12.4 Å². The molecule has 0 radical (unpaired) electrons. The van der Waals surface area contributed by atoms with Crippen LogP contribution in [0.1, 0.15) is 36.6 Å². The minimum Gasteiger partial charge on any atom is -0.489 e. The summed E-state index contributed by atoms with van der Waals surface area (Å²) >= 11 is 13.6. The Labute approximate surface area is 257 Å². The molecule has 0 amide bonds. The van der Waals surface area contributed by atoms with Crippen molar-refractivity contribution in [3.05, 3.63) is 124 Å². The van der Waals surface area contributed by atoms with E-state index < -0.39 is 12.0 Å². The van der Waals surface area contributed by atoms with Crippen LogP contribution in [0.5, 0.6) is 5.75 Å². The maximum Gasteiger partial charge on any atom is 0.338 e. The number of benzene rings is 3. The summed E-state index contributed by atoms with van der Waals surface area (Å²) in [6.07, 6.45) is 1.81. The molecule has 0 aliphatic carbocycles. The molecular weight excluding hydrogens is 593 g/mol. The van der Waals surface area contributed by atoms with Crippen molar-refractivity contribution in [3.8, 4) is 5.75 Å². The van der Waals surface area contributed by atoms with E-state index in [9.17, 15) is 9.59 Å². The molecule has 2 heterocycles. The second-order valence-electron chi connectivity index (χ2n) is 9.89. The molecule has 5 rings (SSSR count). The maximum atomic E-state index is 13.9. The van der Waals surface area contributed by atoms with Crippen molar-refractivity contribution in [3.63, 3.8) is 0 Å². The number of halogens is 2. The van der Waals surface area contributed by atoms with E-state index in [1.807, 2.05) is 79.7 Å². The molecule has 7 nitrogen and oxygen atoms in total. The summed E-state index contributed by atoms with van der Waals surface area (Å²) in [6.45, 7) is 4.02. The number of hydrogen-bond acceptors (Lipinski definition) is 7. The van der Waals surface area contributed by atoms with Gasteiger partial charge in [-0.1, -0.05) is 64.9 Å². The number of ether oxygens (including phenoxy) is 2. The number of carbonyl (C=O) groups excluding carboxylic acids is 1. The first kappa shape index (κ1) is 29.6. The van der Waals surface area contributed by atoms with E-state index in [2.05, 4.69) is 4.99 Å². The SMILES string of the molecule is CCOC(=O)C1=C(C)N=c2s/c(=C\c3cccc(OCc4ccc(Cl)cc4Cl)c3)c(=O)n2[C@H]1c1ccc(N(C)C)cc1. The lowest BCUT2D eigenvalue weighted by atomic mass is 9.95. The molecule has 216 valence electrons. The molecule has 0 saturated carbocycles. The average Bonchev–Trinajstić information content (AvgIpc) is 3.26. The molecule has 1 aromatic heterocycles. The Morgan fingerprint density at radius 1 is 1.10 bits per heavy atom. The minimum absolute atomic E-state index is 0.217. The first-order valence-electron chi connectivity index (χ1n) is 13.3. The van der Waals surface area contributed by atoms with Gasteiger partial charge in [-0.3, -0.25) is 9.36 Å². The van der Waals surface area contributed by atoms with Crippen LogP contribution in [0, 0.1) is 0 Å². The van der Waals surface area contributed by atoms with Gasteiger partial charge in [0.2, 0.25) is 0 Å². The van der Waals surface area contributed by atoms with Gasteiger partial charge in [-0.2, -0.15) is 0 Å². The molecule has 0 fully saturated rings. The van der Waals surface area contributed by atoms with Crippen LogP contribution >= 0.6 is 34.5 Å². The second-order valence-corrected chi connectivity index (χ2v) is 11.7. The Morgan fingerprint density at radius 3 is 2.55 bits per heavy atom. The molecule has 3 aromatic carbocycles. The third-order valence-corrected chi connectivity index (χ3v) is 8.38. The number of allylic oxidation sites excluding steroid dienone is 1. The smallest absolute Gasteiger partial charge is 0.338 e. The van der Waals surface area contributed by atoms with E-state index in [-0.39, 0.29) is 18.8 Å². The molecular formula is C32H29Cl2N3O4S. The molecule has 1 atom stereocenters. The summed E-state index contributed by atoms with van der Waals surface area (Å²) < 4.78 is 13.4. The van der Waals surface area contributed by atoms with Crippen LogP contribution in [0.15, 0.2) is 87.8 Å². The fourth-order valence-corrected chi connectivity index (χ4v) is 6.22. The van der Waals surface area contributed by atoms with Crippen LogP contribution in [0.2, 0.25) is 10.0 Å². The van der Waals surface area contributed by atoms with E-state index in [0.717, 1.165) is 22.4 Å². The van der Waals surface area contributed by atoms with E-state index in [1.165, 1.54) is 11.3 Å². The number of anilines is 1. The molecule has 0 saturated heterocycles. The van der Waals surface area contributed by atoms with Gasteiger partial charge in [0.05, 0.1) is 28.5 Å². The van der Waals surface area contributed by atoms with Crippen molar-refractivity contribution in [1.82, 2.24) is 4.57 Å². The highest BCUT2D eigenvalue weighted by Gasteiger charge is 2.33. The highest BCUT2D eigenvalue weighted by Crippen LogP contribution is 2.31. The van der Waals surface area contributed by atoms with Crippen molar-refractivity contribution in [2.75, 3.05) is 25.6 Å². The second kappa shape index (κ2) is 12.6. The number of hydrogen-bond donors (Lipinski definition) is 0. The van der Waals surface area contributed by atoms with E-state index in [1.54, 1.807) is 30.5 Å². The van der Waals surface area contributed by atoms with E-state index in [4.69, 9.17) is 32.7 Å². The highest BCUT2D eigenvalue weighted by molar-refractivity contribution is 7.07. The zero-order valence-electron chi connectivity index (χ0n) is 23.6. The number of rotatable bonds is 8. The predicted octanol–water partition coefficient (Wildman–Crippen LogP) is 5.75. The van der Waals surface area contributed by atoms with Gasteiger partial charge in [-0.15, -0.1) is 0 Å². The van der Waals surface area contributed by atoms with Crippen LogP contribution in [0.4, 0.5) is 5.69 Å². The Morgan fingerprint density at radius 2 is 1.86 bits per heavy atom. The van der Waals surface area contributed by atoms with E-state index in [0.29, 0.717) is 36.4 Å². The van der Waals surface area contributed by atoms with Crippen molar-refractivity contribution in [2.24, 2.45) is 4.99 Å². The molecule has 4 aromatic rings. The summed E-state index contributed by atoms with van der Waals surface area (Å²) in [5, 5.41) is 1.09. The topological polar surface area (TPSA) is 73.1 Å². The number of fused-ring (bicyclic) bond motifs is 1. The van der Waals surface area contributed by atoms with Crippen molar-refractivity contribution in [1.29, 1.82) is 0 Å². The molecule has 42 heavy (non-hydrogen) atoms. The van der Waals surface area contributed by atoms with Gasteiger partial charge < -0.3 is 14.4 Å². The first-order valence-corrected chi connectivity index (χ1v) is 14.9. The standard InChI is InChI=1S/C32H29Cl2N3O4S/c1-5-40-31(39)28-19(2)35-32-37(29(28)21-10-13-24(14-11-21)36(3)4)30(38)27(42-32)16-20-7-6-8-25(15-20)41-18-22-9-12-23(33)17-26(22)34/h6-17,29H,5,18H2,1-4H3/b27-16-/t29-/m0/s1. The maximum absolute atomic E-state index is 13.9. The van der Waals surface area contributed by atoms with Crippen LogP contribution in [-0.4, -0.2) is 31.2 Å². The zero-order chi connectivity index (χ0) is 30.0. The fourth-order valence-electron chi connectivity index (χ4n) is 4.71. The first-order chi connectivity index (χ1) is 20.2. The highest BCUT2D eigenvalue weighted by atomic mass is 35.5. The number of aromatic nitrogens is 1. The molecule has 10 heteroatoms. The fraction of sp³-hybridized carbons (Fsp3) is 0.219. The Bertz CT molecular complexity index is 1860. The van der Waals surface area contributed by atoms with Crippen LogP contribution in [0.25, 0.3) is 6.08 Å². The summed E-state index contributed by atoms with van der Waals surface area (Å²) in [5.74, 6) is 0.141. The molecule has 0 bridgehead atoms. The Balaban J connectivity index is 1.53. The molecule has 0 spiro atoms. The van der Waals surface area contributed by atoms with Gasteiger partial charge in [0.15, 0.2) is 4.80 Å². The zero-order valence-corrected chi connectivity index (χ0v) is 25.9. The normalized spacial score (nSPS) is 14.8. The lowest BCUT2D eigenvalue weighted by molar-refractivity contribution is -0.139. The quantitative estimate of drug-likeness (QED) is 0.234. The van der Waals surface area contributed by atoms with Gasteiger partial charge in [0, 0.05) is 35.4 Å². The molecule has 0 N–H and O–H groups in total. The number of esters is 1. The third-order valence-electron chi connectivity index (χ3n) is 6.81. The lowest BCUT2D eigenvalue weighted by Crippen LogP contribution is -2.39. The number of carbonyl (C=O) groups is 1. The molecule has 1 aliphatic rings. The largest absolute Gasteiger partial charge is 0.489 e. The summed E-state index contributed by atoms with van der Waals surface area (Å²) in [4.78, 5) is 34.2. The van der Waals surface area contributed by atoms with E-state index >= 15 is 0 Å². The van der Waals surface area contributed by atoms with Crippen molar-refractivity contribution >= 4 is 52.3 Å². The minimum atomic E-state index is -0.669. The van der Waals surface area contributed by atoms with Crippen molar-refractivity contribution in [2.45, 2.75) is 26.5 Å². The summed E-state index contributed by atoms with van der Waals surface area (Å²) in [6, 6.07) is 19.8. The van der Waals surface area contributed by atoms with Gasteiger partial charge in [-0.25, -0.2) is 9.79 Å². The van der Waals surface area contributed by atoms with Crippen LogP contribution in [-0.2, 0) is 16.1 Å². The Hall–Kier alpha value is -3.85.